The average molecular weight is 513 g/mol. The van der Waals surface area contributed by atoms with Gasteiger partial charge in [0.05, 0.1) is 26.9 Å². The van der Waals surface area contributed by atoms with Crippen LogP contribution in [0.4, 0.5) is 5.69 Å². The highest BCUT2D eigenvalue weighted by molar-refractivity contribution is 9.10. The first-order chi connectivity index (χ1) is 13.8. The number of anilines is 1. The molecule has 0 radical (unpaired) electrons. The number of aromatic amines is 1. The normalized spacial score (nSPS) is 15.1. The number of rotatable bonds is 2. The minimum Gasteiger partial charge on any atom is -0.291 e. The number of H-pyrrole nitrogens is 1. The first-order valence-corrected chi connectivity index (χ1v) is 11.2. The van der Waals surface area contributed by atoms with E-state index in [1.165, 1.54) is 18.7 Å². The highest BCUT2D eigenvalue weighted by Gasteiger charge is 2.46. The number of fused-ring (bicyclic) bond motifs is 3. The summed E-state index contributed by atoms with van der Waals surface area (Å²) in [6.07, 6.45) is 1.04. The van der Waals surface area contributed by atoms with Gasteiger partial charge in [0.25, 0.3) is 6.17 Å². The Labute approximate surface area is 189 Å². The van der Waals surface area contributed by atoms with Gasteiger partial charge in [0.2, 0.25) is 11.1 Å². The van der Waals surface area contributed by atoms with Gasteiger partial charge in [-0.05, 0) is 41.3 Å². The lowest BCUT2D eigenvalue weighted by molar-refractivity contribution is -0.763. The third-order valence-electron chi connectivity index (χ3n) is 4.60. The van der Waals surface area contributed by atoms with Crippen molar-refractivity contribution in [2.45, 2.75) is 18.2 Å². The van der Waals surface area contributed by atoms with E-state index in [1.807, 2.05) is 12.3 Å². The standard InChI is InChI=1S/C19H13BrCl2N4O2S/c1-9(27)25-14-7-6-10(20)8-12(14)16-17(28)23-19(29-2)24-26(16)18(25)11-4-3-5-13(21)15(11)22/h3-8,18H,1-2H3/p+1/t18-/m0/s1. The Hall–Kier alpha value is -1.87. The van der Waals surface area contributed by atoms with E-state index in [1.54, 1.807) is 39.9 Å². The van der Waals surface area contributed by atoms with Gasteiger partial charge in [-0.15, -0.1) is 0 Å². The van der Waals surface area contributed by atoms with Crippen LogP contribution >= 0.6 is 50.9 Å². The topological polar surface area (TPSA) is 69.9 Å². The fraction of sp³-hybridized carbons (Fsp3) is 0.158. The lowest BCUT2D eigenvalue weighted by atomic mass is 10.0. The molecule has 148 valence electrons. The second kappa shape index (κ2) is 7.75. The number of amides is 1. The molecule has 6 nitrogen and oxygen atoms in total. The van der Waals surface area contributed by atoms with Gasteiger partial charge in [-0.1, -0.05) is 57.0 Å². The monoisotopic (exact) mass is 511 g/mol. The van der Waals surface area contributed by atoms with Crippen LogP contribution in [0.1, 0.15) is 18.7 Å². The largest absolute Gasteiger partial charge is 0.325 e. The number of halogens is 3. The highest BCUT2D eigenvalue weighted by Crippen LogP contribution is 2.41. The number of aromatic nitrogens is 3. The van der Waals surface area contributed by atoms with Crippen LogP contribution < -0.4 is 15.1 Å². The van der Waals surface area contributed by atoms with E-state index in [0.29, 0.717) is 37.7 Å². The van der Waals surface area contributed by atoms with E-state index in [-0.39, 0.29) is 11.5 Å². The van der Waals surface area contributed by atoms with Crippen LogP contribution in [-0.2, 0) is 4.79 Å². The molecule has 29 heavy (non-hydrogen) atoms. The molecule has 4 rings (SSSR count). The number of hydrogen-bond donors (Lipinski definition) is 1. The Bertz CT molecular complexity index is 1220. The zero-order chi connectivity index (χ0) is 20.9. The second-order valence-electron chi connectivity index (χ2n) is 6.32. The molecule has 3 aromatic rings. The van der Waals surface area contributed by atoms with E-state index in [0.717, 1.165) is 4.47 Å². The van der Waals surface area contributed by atoms with E-state index in [9.17, 15) is 9.59 Å². The average Bonchev–Trinajstić information content (AvgIpc) is 2.68. The Morgan fingerprint density at radius 3 is 2.76 bits per heavy atom. The number of hydrogen-bond acceptors (Lipinski definition) is 4. The van der Waals surface area contributed by atoms with Crippen LogP contribution in [0.15, 0.2) is 50.8 Å². The van der Waals surface area contributed by atoms with E-state index < -0.39 is 6.17 Å². The van der Waals surface area contributed by atoms with Gasteiger partial charge < -0.3 is 0 Å². The molecule has 0 unspecified atom stereocenters. The predicted octanol–water partition coefficient (Wildman–Crippen LogP) is 4.43. The number of nitrogens with zero attached hydrogens (tertiary/aromatic N) is 3. The van der Waals surface area contributed by atoms with Gasteiger partial charge in [0, 0.05) is 16.5 Å². The summed E-state index contributed by atoms with van der Waals surface area (Å²) in [6.45, 7) is 1.46. The minimum absolute atomic E-state index is 0.222. The molecule has 0 spiro atoms. The van der Waals surface area contributed by atoms with Crippen molar-refractivity contribution in [3.05, 3.63) is 66.8 Å². The molecule has 1 aliphatic rings. The molecule has 0 aliphatic carbocycles. The third-order valence-corrected chi connectivity index (χ3v) is 6.50. The molecule has 1 amide bonds. The van der Waals surface area contributed by atoms with E-state index in [2.05, 4.69) is 26.0 Å². The van der Waals surface area contributed by atoms with E-state index in [4.69, 9.17) is 23.2 Å². The summed E-state index contributed by atoms with van der Waals surface area (Å²) >= 11 is 17.5. The molecule has 1 atom stereocenters. The minimum atomic E-state index is -0.768. The maximum Gasteiger partial charge on any atom is 0.325 e. The summed E-state index contributed by atoms with van der Waals surface area (Å²) in [7, 11) is 0. The van der Waals surface area contributed by atoms with Crippen LogP contribution in [0.25, 0.3) is 11.3 Å². The van der Waals surface area contributed by atoms with Gasteiger partial charge in [0.1, 0.15) is 0 Å². The van der Waals surface area contributed by atoms with Crippen molar-refractivity contribution in [1.29, 1.82) is 0 Å². The van der Waals surface area contributed by atoms with Crippen molar-refractivity contribution in [2.24, 2.45) is 0 Å². The quantitative estimate of drug-likeness (QED) is 0.407. The Kier molecular flexibility index (Phi) is 5.46. The summed E-state index contributed by atoms with van der Waals surface area (Å²) in [5, 5.41) is 5.67. The molecule has 1 aromatic heterocycles. The molecule has 1 aliphatic heterocycles. The first kappa shape index (κ1) is 20.4. The molecular weight excluding hydrogens is 499 g/mol. The number of benzene rings is 2. The Morgan fingerprint density at radius 2 is 2.07 bits per heavy atom. The molecule has 2 heterocycles. The molecule has 0 saturated heterocycles. The fourth-order valence-corrected chi connectivity index (χ4v) is 4.56. The van der Waals surface area contributed by atoms with Crippen molar-refractivity contribution in [1.82, 2.24) is 10.1 Å². The number of nitrogens with one attached hydrogen (secondary N) is 1. The van der Waals surface area contributed by atoms with E-state index >= 15 is 0 Å². The summed E-state index contributed by atoms with van der Waals surface area (Å²) < 4.78 is 2.32. The van der Waals surface area contributed by atoms with Gasteiger partial charge in [-0.3, -0.25) is 14.6 Å². The number of carbonyl (C=O) groups excluding carboxylic acids is 1. The van der Waals surface area contributed by atoms with Gasteiger partial charge >= 0.3 is 11.3 Å². The third kappa shape index (κ3) is 3.38. The van der Waals surface area contributed by atoms with Crippen molar-refractivity contribution in [3.8, 4) is 11.3 Å². The summed E-state index contributed by atoms with van der Waals surface area (Å²) in [5.74, 6) is -0.222. The molecule has 0 fully saturated rings. The lowest BCUT2D eigenvalue weighted by Gasteiger charge is -2.31. The highest BCUT2D eigenvalue weighted by atomic mass is 79.9. The van der Waals surface area contributed by atoms with Crippen LogP contribution in [0.3, 0.4) is 0 Å². The summed E-state index contributed by atoms with van der Waals surface area (Å²) in [4.78, 5) is 30.2. The summed E-state index contributed by atoms with van der Waals surface area (Å²) in [5.41, 5.74) is 1.77. The van der Waals surface area contributed by atoms with Gasteiger partial charge in [-0.25, -0.2) is 4.90 Å². The van der Waals surface area contributed by atoms with Crippen LogP contribution in [0.5, 0.6) is 0 Å². The fourth-order valence-electron chi connectivity index (χ4n) is 3.43. The Morgan fingerprint density at radius 1 is 1.31 bits per heavy atom. The number of carbonyl (C=O) groups is 1. The molecule has 0 saturated carbocycles. The lowest BCUT2D eigenvalue weighted by Crippen LogP contribution is -2.60. The molecular formula is C19H14BrCl2N4O2S+. The maximum atomic E-state index is 13.0. The second-order valence-corrected chi connectivity index (χ2v) is 8.82. The van der Waals surface area contributed by atoms with Crippen molar-refractivity contribution in [3.63, 3.8) is 0 Å². The molecule has 0 bridgehead atoms. The molecule has 1 N–H and O–H groups in total. The zero-order valence-electron chi connectivity index (χ0n) is 15.2. The smallest absolute Gasteiger partial charge is 0.291 e. The van der Waals surface area contributed by atoms with Crippen LogP contribution in [0.2, 0.25) is 10.0 Å². The Balaban J connectivity index is 2.14. The summed E-state index contributed by atoms with van der Waals surface area (Å²) in [6, 6.07) is 10.6. The molecule has 2 aromatic carbocycles. The SMILES string of the molecule is CSc1n[n+]2c(c(=O)[nH]1)-c1cc(Br)ccc1N(C(C)=O)[C@@H]2c1cccc(Cl)c1Cl. The maximum absolute atomic E-state index is 13.0. The zero-order valence-corrected chi connectivity index (χ0v) is 19.2. The van der Waals surface area contributed by atoms with Crippen molar-refractivity contribution in [2.75, 3.05) is 11.2 Å². The van der Waals surface area contributed by atoms with Gasteiger partial charge in [-0.2, -0.15) is 0 Å². The van der Waals surface area contributed by atoms with Crippen LogP contribution in [-0.4, -0.2) is 22.2 Å². The number of thioether (sulfide) groups is 1. The van der Waals surface area contributed by atoms with Crippen molar-refractivity contribution >= 4 is 62.5 Å². The van der Waals surface area contributed by atoms with Crippen LogP contribution in [0, 0.1) is 0 Å². The van der Waals surface area contributed by atoms with Gasteiger partial charge in [0.15, 0.2) is 0 Å². The van der Waals surface area contributed by atoms with Crippen molar-refractivity contribution < 1.29 is 9.48 Å². The first-order valence-electron chi connectivity index (χ1n) is 8.47. The predicted molar refractivity (Wildman–Crippen MR) is 118 cm³/mol. The molecule has 10 heteroatoms.